The third-order valence-electron chi connectivity index (χ3n) is 3.47. The molecule has 0 aliphatic carbocycles. The van der Waals surface area contributed by atoms with Gasteiger partial charge in [-0.15, -0.1) is 0 Å². The third-order valence-corrected chi connectivity index (χ3v) is 5.56. The van der Waals surface area contributed by atoms with E-state index in [-0.39, 0.29) is 24.1 Å². The van der Waals surface area contributed by atoms with E-state index in [1.165, 1.54) is 10.4 Å². The van der Waals surface area contributed by atoms with Crippen LogP contribution in [0.4, 0.5) is 5.69 Å². The van der Waals surface area contributed by atoms with Crippen LogP contribution in [-0.4, -0.2) is 37.0 Å². The number of hydrogen-bond donors (Lipinski definition) is 2. The fourth-order valence-corrected chi connectivity index (χ4v) is 4.34. The summed E-state index contributed by atoms with van der Waals surface area (Å²) in [6, 6.07) is 4.75. The second kappa shape index (κ2) is 7.06. The number of nitrogen functional groups attached to an aromatic ring is 1. The van der Waals surface area contributed by atoms with Crippen LogP contribution in [0.15, 0.2) is 23.1 Å². The Morgan fingerprint density at radius 1 is 1.30 bits per heavy atom. The predicted octanol–water partition coefficient (Wildman–Crippen LogP) is 1.75. The van der Waals surface area contributed by atoms with E-state index in [1.54, 1.807) is 19.1 Å². The molecule has 0 heterocycles. The zero-order chi connectivity index (χ0) is 15.3. The van der Waals surface area contributed by atoms with Crippen molar-refractivity contribution in [3.05, 3.63) is 23.8 Å². The molecule has 114 valence electrons. The van der Waals surface area contributed by atoms with Crippen molar-refractivity contribution in [1.29, 1.82) is 0 Å². The molecule has 0 unspecified atom stereocenters. The Hall–Kier alpha value is -1.11. The molecular weight excluding hydrogens is 276 g/mol. The van der Waals surface area contributed by atoms with Crippen LogP contribution >= 0.6 is 0 Å². The lowest BCUT2D eigenvalue weighted by atomic mass is 10.2. The number of aliphatic hydroxyl groups is 1. The van der Waals surface area contributed by atoms with E-state index in [4.69, 9.17) is 5.73 Å². The van der Waals surface area contributed by atoms with Crippen LogP contribution in [0.5, 0.6) is 0 Å². The second-order valence-electron chi connectivity index (χ2n) is 4.83. The molecule has 20 heavy (non-hydrogen) atoms. The first-order chi connectivity index (χ1) is 9.38. The Balaban J connectivity index is 3.32. The predicted molar refractivity (Wildman–Crippen MR) is 80.9 cm³/mol. The molecule has 0 fully saturated rings. The van der Waals surface area contributed by atoms with Gasteiger partial charge < -0.3 is 10.8 Å². The molecule has 0 aliphatic rings. The highest BCUT2D eigenvalue weighted by molar-refractivity contribution is 7.89. The Kier molecular flexibility index (Phi) is 5.98. The van der Waals surface area contributed by atoms with Crippen molar-refractivity contribution in [1.82, 2.24) is 4.31 Å². The molecule has 0 aromatic heterocycles. The number of nitrogens with zero attached hydrogens (tertiary/aromatic N) is 1. The van der Waals surface area contributed by atoms with Crippen LogP contribution in [0.3, 0.4) is 0 Å². The first kappa shape index (κ1) is 16.9. The summed E-state index contributed by atoms with van der Waals surface area (Å²) in [5.41, 5.74) is 6.79. The topological polar surface area (TPSA) is 83.6 Å². The monoisotopic (exact) mass is 300 g/mol. The molecule has 0 spiro atoms. The molecule has 0 aliphatic heterocycles. The number of aryl methyl sites for hydroxylation is 1. The third kappa shape index (κ3) is 3.50. The molecule has 0 amide bonds. The first-order valence-electron chi connectivity index (χ1n) is 6.87. The quantitative estimate of drug-likeness (QED) is 0.751. The minimum absolute atomic E-state index is 0.100. The number of anilines is 1. The molecule has 1 rings (SSSR count). The van der Waals surface area contributed by atoms with Crippen LogP contribution < -0.4 is 5.73 Å². The number of aliphatic hydroxyl groups excluding tert-OH is 1. The zero-order valence-electron chi connectivity index (χ0n) is 12.3. The fraction of sp³-hybridized carbons (Fsp3) is 0.571. The number of sulfonamides is 1. The van der Waals surface area contributed by atoms with Gasteiger partial charge in [0.1, 0.15) is 0 Å². The summed E-state index contributed by atoms with van der Waals surface area (Å²) < 4.78 is 27.0. The maximum Gasteiger partial charge on any atom is 0.243 e. The molecule has 0 radical (unpaired) electrons. The summed E-state index contributed by atoms with van der Waals surface area (Å²) in [7, 11) is -3.65. The van der Waals surface area contributed by atoms with Gasteiger partial charge in [-0.3, -0.25) is 0 Å². The van der Waals surface area contributed by atoms with Crippen molar-refractivity contribution in [2.24, 2.45) is 0 Å². The highest BCUT2D eigenvalue weighted by atomic mass is 32.2. The summed E-state index contributed by atoms with van der Waals surface area (Å²) in [4.78, 5) is 0.220. The smallest absolute Gasteiger partial charge is 0.243 e. The van der Waals surface area contributed by atoms with Gasteiger partial charge in [0, 0.05) is 18.3 Å². The highest BCUT2D eigenvalue weighted by Crippen LogP contribution is 2.25. The standard InChI is InChI=1S/C14H24N2O3S/c1-4-13(5-2)16(8-9-17)20(18,19)14-10-12(15)7-6-11(14)3/h6-7,10,13,17H,4-5,8-9,15H2,1-3H3. The molecule has 3 N–H and O–H groups in total. The van der Waals surface area contributed by atoms with Gasteiger partial charge in [0.15, 0.2) is 0 Å². The summed E-state index contributed by atoms with van der Waals surface area (Å²) in [5.74, 6) is 0. The van der Waals surface area contributed by atoms with Gasteiger partial charge in [-0.25, -0.2) is 8.42 Å². The van der Waals surface area contributed by atoms with Gasteiger partial charge in [0.25, 0.3) is 0 Å². The number of rotatable bonds is 7. The molecule has 1 aromatic carbocycles. The lowest BCUT2D eigenvalue weighted by Crippen LogP contribution is -2.41. The van der Waals surface area contributed by atoms with E-state index in [9.17, 15) is 13.5 Å². The molecule has 0 atom stereocenters. The zero-order valence-corrected chi connectivity index (χ0v) is 13.2. The number of nitrogens with two attached hydrogens (primary N) is 1. The van der Waals surface area contributed by atoms with Crippen LogP contribution in [0.25, 0.3) is 0 Å². The number of benzene rings is 1. The maximum absolute atomic E-state index is 12.8. The molecule has 0 saturated carbocycles. The van der Waals surface area contributed by atoms with Gasteiger partial charge in [-0.05, 0) is 37.5 Å². The Morgan fingerprint density at radius 3 is 2.40 bits per heavy atom. The Bertz CT molecular complexity index is 539. The van der Waals surface area contributed by atoms with Gasteiger partial charge in [0.2, 0.25) is 10.0 Å². The van der Waals surface area contributed by atoms with Crippen molar-refractivity contribution in [2.75, 3.05) is 18.9 Å². The summed E-state index contributed by atoms with van der Waals surface area (Å²) in [5, 5.41) is 9.18. The minimum atomic E-state index is -3.65. The van der Waals surface area contributed by atoms with Gasteiger partial charge in [-0.1, -0.05) is 19.9 Å². The average molecular weight is 300 g/mol. The van der Waals surface area contributed by atoms with Crippen molar-refractivity contribution in [2.45, 2.75) is 44.6 Å². The Labute approximate surface area is 121 Å². The maximum atomic E-state index is 12.8. The molecule has 1 aromatic rings. The van der Waals surface area contributed by atoms with Crippen LogP contribution in [0.2, 0.25) is 0 Å². The molecule has 6 heteroatoms. The molecule has 0 bridgehead atoms. The van der Waals surface area contributed by atoms with Crippen LogP contribution in [0, 0.1) is 6.92 Å². The molecular formula is C14H24N2O3S. The van der Waals surface area contributed by atoms with Crippen molar-refractivity contribution >= 4 is 15.7 Å². The van der Waals surface area contributed by atoms with E-state index in [1.807, 2.05) is 13.8 Å². The summed E-state index contributed by atoms with van der Waals surface area (Å²) in [6.45, 7) is 5.54. The van der Waals surface area contributed by atoms with E-state index in [2.05, 4.69) is 0 Å². The van der Waals surface area contributed by atoms with Crippen molar-refractivity contribution in [3.63, 3.8) is 0 Å². The van der Waals surface area contributed by atoms with E-state index >= 15 is 0 Å². The SMILES string of the molecule is CCC(CC)N(CCO)S(=O)(=O)c1cc(N)ccc1C. The van der Waals surface area contributed by atoms with Gasteiger partial charge in [0.05, 0.1) is 11.5 Å². The second-order valence-corrected chi connectivity index (χ2v) is 6.69. The van der Waals surface area contributed by atoms with Crippen LogP contribution in [0.1, 0.15) is 32.3 Å². The number of hydrogen-bond acceptors (Lipinski definition) is 4. The average Bonchev–Trinajstić information content (AvgIpc) is 2.41. The normalized spacial score (nSPS) is 12.3. The van der Waals surface area contributed by atoms with Crippen molar-refractivity contribution < 1.29 is 13.5 Å². The first-order valence-corrected chi connectivity index (χ1v) is 8.31. The highest BCUT2D eigenvalue weighted by Gasteiger charge is 2.30. The van der Waals surface area contributed by atoms with E-state index < -0.39 is 10.0 Å². The van der Waals surface area contributed by atoms with E-state index in [0.717, 1.165) is 0 Å². The van der Waals surface area contributed by atoms with Crippen molar-refractivity contribution in [3.8, 4) is 0 Å². The lowest BCUT2D eigenvalue weighted by Gasteiger charge is -2.29. The van der Waals surface area contributed by atoms with Gasteiger partial charge >= 0.3 is 0 Å². The summed E-state index contributed by atoms with van der Waals surface area (Å²) in [6.07, 6.45) is 1.41. The Morgan fingerprint density at radius 2 is 1.90 bits per heavy atom. The fourth-order valence-electron chi connectivity index (χ4n) is 2.31. The van der Waals surface area contributed by atoms with Gasteiger partial charge in [-0.2, -0.15) is 4.31 Å². The molecule has 0 saturated heterocycles. The molecule has 5 nitrogen and oxygen atoms in total. The minimum Gasteiger partial charge on any atom is -0.399 e. The van der Waals surface area contributed by atoms with E-state index in [0.29, 0.717) is 24.1 Å². The van der Waals surface area contributed by atoms with Crippen LogP contribution in [-0.2, 0) is 10.0 Å². The summed E-state index contributed by atoms with van der Waals surface area (Å²) >= 11 is 0. The lowest BCUT2D eigenvalue weighted by molar-refractivity contribution is 0.219. The largest absolute Gasteiger partial charge is 0.399 e.